The molecular weight excluding hydrogens is 626 g/mol. The van der Waals surface area contributed by atoms with Crippen molar-refractivity contribution >= 4 is 76.5 Å². The van der Waals surface area contributed by atoms with Crippen LogP contribution in [-0.4, -0.2) is 11.9 Å². The summed E-state index contributed by atoms with van der Waals surface area (Å²) in [6.07, 6.45) is 1.70. The van der Waals surface area contributed by atoms with Crippen LogP contribution in [0.4, 0.5) is 0 Å². The number of esters is 1. The number of rotatable bonds is 5. The van der Waals surface area contributed by atoms with E-state index in [0.717, 1.165) is 40.9 Å². The van der Waals surface area contributed by atoms with Gasteiger partial charge in [-0.2, -0.15) is 0 Å². The van der Waals surface area contributed by atoms with Crippen molar-refractivity contribution in [1.82, 2.24) is 0 Å². The van der Waals surface area contributed by atoms with Gasteiger partial charge in [0.15, 0.2) is 5.70 Å². The Bertz CT molecular complexity index is 1470. The predicted molar refractivity (Wildman–Crippen MR) is 145 cm³/mol. The van der Waals surface area contributed by atoms with Crippen LogP contribution < -0.4 is 4.74 Å². The first kappa shape index (κ1) is 23.0. The lowest BCUT2D eigenvalue weighted by Crippen LogP contribution is -2.05. The largest absolute Gasteiger partial charge is 0.487 e. The van der Waals surface area contributed by atoms with Gasteiger partial charge in [-0.15, -0.1) is 0 Å². The lowest BCUT2D eigenvalue weighted by molar-refractivity contribution is -0.129. The van der Waals surface area contributed by atoms with Gasteiger partial charge in [-0.1, -0.05) is 58.4 Å². The number of hydrogen-bond donors (Lipinski definition) is 0. The van der Waals surface area contributed by atoms with Gasteiger partial charge in [0, 0.05) is 10.0 Å². The molecule has 0 spiro atoms. The molecule has 168 valence electrons. The zero-order chi connectivity index (χ0) is 23.7. The second-order valence-corrected chi connectivity index (χ2v) is 10.3. The van der Waals surface area contributed by atoms with Gasteiger partial charge in [-0.3, -0.25) is 0 Å². The number of fused-ring (bicyclic) bond motifs is 1. The van der Waals surface area contributed by atoms with Crippen LogP contribution in [-0.2, 0) is 16.1 Å². The molecule has 0 fully saturated rings. The van der Waals surface area contributed by atoms with Gasteiger partial charge in [0.1, 0.15) is 12.4 Å². The van der Waals surface area contributed by atoms with E-state index < -0.39 is 5.97 Å². The third-order valence-electron chi connectivity index (χ3n) is 5.21. The van der Waals surface area contributed by atoms with E-state index in [1.807, 2.05) is 78.9 Å². The maximum atomic E-state index is 12.5. The fourth-order valence-corrected chi connectivity index (χ4v) is 5.49. The molecule has 0 aromatic heterocycles. The Hall–Kier alpha value is -2.74. The molecule has 7 heteroatoms. The molecule has 1 heterocycles. The molecular formula is C27H16Br3NO3. The highest BCUT2D eigenvalue weighted by molar-refractivity contribution is 9.11. The number of cyclic esters (lactones) is 1. The average Bonchev–Trinajstić information content (AvgIpc) is 3.18. The normalized spacial score (nSPS) is 14.4. The topological polar surface area (TPSA) is 47.9 Å². The third kappa shape index (κ3) is 5.02. The molecule has 1 aliphatic rings. The van der Waals surface area contributed by atoms with Crippen LogP contribution in [0.3, 0.4) is 0 Å². The molecule has 0 radical (unpaired) electrons. The zero-order valence-corrected chi connectivity index (χ0v) is 22.4. The molecule has 0 amide bonds. The van der Waals surface area contributed by atoms with Crippen LogP contribution in [0.15, 0.2) is 103 Å². The standard InChI is InChI=1S/C27H16Br3NO3/c28-21-7-3-4-16(10-21)15-33-25-22(29)11-17(12-23(25)30)13-24-27(32)34-26(31-24)20-9-8-18-5-1-2-6-19(18)14-20/h1-14H,15H2/b24-13-. The summed E-state index contributed by atoms with van der Waals surface area (Å²) in [7, 11) is 0. The SMILES string of the molecule is O=C1OC(c2ccc3ccccc3c2)=N/C1=C\c1cc(Br)c(OCc2cccc(Br)c2)c(Br)c1. The molecule has 4 aromatic rings. The van der Waals surface area contributed by atoms with Gasteiger partial charge in [-0.05, 0) is 96.2 Å². The van der Waals surface area contributed by atoms with Gasteiger partial charge in [0.2, 0.25) is 5.90 Å². The molecule has 0 bridgehead atoms. The summed E-state index contributed by atoms with van der Waals surface area (Å²) in [6.45, 7) is 0.419. The summed E-state index contributed by atoms with van der Waals surface area (Å²) in [5, 5.41) is 2.17. The fraction of sp³-hybridized carbons (Fsp3) is 0.0370. The number of carbonyl (C=O) groups is 1. The maximum Gasteiger partial charge on any atom is 0.363 e. The molecule has 4 aromatic carbocycles. The second-order valence-electron chi connectivity index (χ2n) is 7.63. The number of ether oxygens (including phenoxy) is 2. The Morgan fingerprint density at radius 2 is 1.62 bits per heavy atom. The van der Waals surface area contributed by atoms with E-state index in [-0.39, 0.29) is 5.70 Å². The fourth-order valence-electron chi connectivity index (χ4n) is 3.60. The summed E-state index contributed by atoms with van der Waals surface area (Å²) in [4.78, 5) is 16.9. The maximum absolute atomic E-state index is 12.5. The number of hydrogen-bond acceptors (Lipinski definition) is 4. The van der Waals surface area contributed by atoms with Crippen molar-refractivity contribution in [2.45, 2.75) is 6.61 Å². The summed E-state index contributed by atoms with van der Waals surface area (Å²) < 4.78 is 14.0. The van der Waals surface area contributed by atoms with Gasteiger partial charge in [-0.25, -0.2) is 9.79 Å². The smallest absolute Gasteiger partial charge is 0.363 e. The lowest BCUT2D eigenvalue weighted by atomic mass is 10.1. The number of nitrogens with zero attached hydrogens (tertiary/aromatic N) is 1. The van der Waals surface area contributed by atoms with Crippen molar-refractivity contribution in [3.63, 3.8) is 0 Å². The minimum absolute atomic E-state index is 0.241. The lowest BCUT2D eigenvalue weighted by Gasteiger charge is -2.12. The molecule has 0 unspecified atom stereocenters. The molecule has 0 saturated carbocycles. The van der Waals surface area contributed by atoms with E-state index in [0.29, 0.717) is 18.3 Å². The molecule has 5 rings (SSSR count). The van der Waals surface area contributed by atoms with Crippen molar-refractivity contribution in [1.29, 1.82) is 0 Å². The van der Waals surface area contributed by atoms with Gasteiger partial charge in [0.25, 0.3) is 0 Å². The summed E-state index contributed by atoms with van der Waals surface area (Å²) in [5.41, 5.74) is 2.83. The molecule has 1 aliphatic heterocycles. The van der Waals surface area contributed by atoms with Crippen LogP contribution >= 0.6 is 47.8 Å². The quantitative estimate of drug-likeness (QED) is 0.164. The van der Waals surface area contributed by atoms with Gasteiger partial charge >= 0.3 is 5.97 Å². The Labute approximate surface area is 221 Å². The Balaban J connectivity index is 1.39. The molecule has 0 aliphatic carbocycles. The van der Waals surface area contributed by atoms with Crippen LogP contribution in [0.5, 0.6) is 5.75 Å². The average molecular weight is 642 g/mol. The first-order valence-corrected chi connectivity index (χ1v) is 12.7. The molecule has 0 atom stereocenters. The highest BCUT2D eigenvalue weighted by Crippen LogP contribution is 2.36. The number of halogens is 3. The van der Waals surface area contributed by atoms with Gasteiger partial charge < -0.3 is 9.47 Å². The third-order valence-corrected chi connectivity index (χ3v) is 6.88. The van der Waals surface area contributed by atoms with Crippen LogP contribution in [0.1, 0.15) is 16.7 Å². The number of aliphatic imine (C=N–C) groups is 1. The van der Waals surface area contributed by atoms with Crippen LogP contribution in [0.25, 0.3) is 16.8 Å². The van der Waals surface area contributed by atoms with Crippen LogP contribution in [0.2, 0.25) is 0 Å². The Kier molecular flexibility index (Phi) is 6.68. The predicted octanol–water partition coefficient (Wildman–Crippen LogP) is 8.05. The van der Waals surface area contributed by atoms with E-state index in [9.17, 15) is 4.79 Å². The summed E-state index contributed by atoms with van der Waals surface area (Å²) >= 11 is 10.6. The summed E-state index contributed by atoms with van der Waals surface area (Å²) in [5.74, 6) is 0.496. The van der Waals surface area contributed by atoms with Gasteiger partial charge in [0.05, 0.1) is 8.95 Å². The minimum Gasteiger partial charge on any atom is -0.487 e. The van der Waals surface area contributed by atoms with Crippen molar-refractivity contribution in [2.75, 3.05) is 0 Å². The highest BCUT2D eigenvalue weighted by atomic mass is 79.9. The molecule has 0 N–H and O–H groups in total. The molecule has 34 heavy (non-hydrogen) atoms. The van der Waals surface area contributed by atoms with E-state index in [1.165, 1.54) is 0 Å². The summed E-state index contributed by atoms with van der Waals surface area (Å²) in [6, 6.07) is 25.6. The second kappa shape index (κ2) is 9.86. The Morgan fingerprint density at radius 1 is 0.853 bits per heavy atom. The van der Waals surface area contributed by atoms with Crippen molar-refractivity contribution in [3.05, 3.63) is 115 Å². The monoisotopic (exact) mass is 639 g/mol. The first-order chi connectivity index (χ1) is 16.5. The minimum atomic E-state index is -0.481. The Morgan fingerprint density at radius 3 is 2.38 bits per heavy atom. The number of benzene rings is 4. The zero-order valence-electron chi connectivity index (χ0n) is 17.6. The van der Waals surface area contributed by atoms with Crippen molar-refractivity contribution in [3.8, 4) is 5.75 Å². The molecule has 0 saturated heterocycles. The van der Waals surface area contributed by atoms with Crippen molar-refractivity contribution < 1.29 is 14.3 Å². The molecule has 4 nitrogen and oxygen atoms in total. The van der Waals surface area contributed by atoms with Crippen LogP contribution in [0, 0.1) is 0 Å². The van der Waals surface area contributed by atoms with Crippen molar-refractivity contribution in [2.24, 2.45) is 4.99 Å². The van der Waals surface area contributed by atoms with E-state index in [1.54, 1.807) is 6.08 Å². The highest BCUT2D eigenvalue weighted by Gasteiger charge is 2.24. The van der Waals surface area contributed by atoms with E-state index >= 15 is 0 Å². The van der Waals surface area contributed by atoms with E-state index in [4.69, 9.17) is 9.47 Å². The van der Waals surface area contributed by atoms with E-state index in [2.05, 4.69) is 52.8 Å². The first-order valence-electron chi connectivity index (χ1n) is 10.3. The number of carbonyl (C=O) groups excluding carboxylic acids is 1.